The number of ether oxygens (including phenoxy) is 1. The van der Waals surface area contributed by atoms with E-state index in [1.54, 1.807) is 7.11 Å². The molecule has 0 amide bonds. The van der Waals surface area contributed by atoms with Gasteiger partial charge in [0.2, 0.25) is 0 Å². The molecule has 1 aromatic carbocycles. The molecule has 0 saturated carbocycles. The van der Waals surface area contributed by atoms with Crippen LogP contribution in [0, 0.1) is 5.92 Å². The maximum atomic E-state index is 6.51. The fraction of sp³-hybridized carbons (Fsp3) is 0.647. The van der Waals surface area contributed by atoms with Crippen LogP contribution in [0.4, 0.5) is 0 Å². The van der Waals surface area contributed by atoms with E-state index < -0.39 is 0 Å². The van der Waals surface area contributed by atoms with Crippen LogP contribution in [0.3, 0.4) is 0 Å². The second-order valence-electron chi connectivity index (χ2n) is 6.50. The summed E-state index contributed by atoms with van der Waals surface area (Å²) in [6.45, 7) is 0. The molecular weight excluding hydrogens is 248 g/mol. The third-order valence-electron chi connectivity index (χ3n) is 5.35. The van der Waals surface area contributed by atoms with Crippen LogP contribution in [0.5, 0.6) is 5.75 Å². The van der Waals surface area contributed by atoms with Crippen molar-refractivity contribution >= 4 is 0 Å². The summed E-state index contributed by atoms with van der Waals surface area (Å²) in [5, 5.41) is 0. The third kappa shape index (κ3) is 2.70. The Morgan fingerprint density at radius 1 is 1.30 bits per heavy atom. The Bertz CT molecular complexity index is 448. The predicted molar refractivity (Wildman–Crippen MR) is 82.0 cm³/mol. The molecule has 3 nitrogen and oxygen atoms in total. The molecule has 2 fully saturated rings. The van der Waals surface area contributed by atoms with Gasteiger partial charge in [0.15, 0.2) is 0 Å². The first kappa shape index (κ1) is 13.9. The summed E-state index contributed by atoms with van der Waals surface area (Å²) in [5.74, 6) is 1.60. The number of benzene rings is 1. The lowest BCUT2D eigenvalue weighted by Crippen LogP contribution is -2.46. The third-order valence-corrected chi connectivity index (χ3v) is 5.35. The Kier molecular flexibility index (Phi) is 3.99. The van der Waals surface area contributed by atoms with Crippen molar-refractivity contribution in [2.75, 3.05) is 14.2 Å². The molecule has 3 rings (SSSR count). The topological polar surface area (TPSA) is 38.5 Å². The molecule has 0 aliphatic carbocycles. The van der Waals surface area contributed by atoms with Crippen molar-refractivity contribution in [3.05, 3.63) is 29.8 Å². The summed E-state index contributed by atoms with van der Waals surface area (Å²) in [6.07, 6.45) is 6.24. The largest absolute Gasteiger partial charge is 0.497 e. The van der Waals surface area contributed by atoms with Gasteiger partial charge in [0.05, 0.1) is 7.11 Å². The summed E-state index contributed by atoms with van der Waals surface area (Å²) in [7, 11) is 4.00. The highest BCUT2D eigenvalue weighted by Gasteiger charge is 2.40. The van der Waals surface area contributed by atoms with E-state index in [2.05, 4.69) is 30.1 Å². The normalized spacial score (nSPS) is 31.2. The number of methoxy groups -OCH3 is 1. The Labute approximate surface area is 122 Å². The van der Waals surface area contributed by atoms with E-state index in [4.69, 9.17) is 10.5 Å². The highest BCUT2D eigenvalue weighted by molar-refractivity contribution is 5.29. The number of piperidine rings is 1. The van der Waals surface area contributed by atoms with Gasteiger partial charge in [-0.25, -0.2) is 0 Å². The van der Waals surface area contributed by atoms with Gasteiger partial charge in [-0.1, -0.05) is 12.1 Å². The molecule has 3 unspecified atom stereocenters. The number of rotatable bonds is 4. The van der Waals surface area contributed by atoms with E-state index in [9.17, 15) is 0 Å². The predicted octanol–water partition coefficient (Wildman–Crippen LogP) is 2.44. The summed E-state index contributed by atoms with van der Waals surface area (Å²) in [5.41, 5.74) is 7.80. The lowest BCUT2D eigenvalue weighted by Gasteiger charge is -2.38. The van der Waals surface area contributed by atoms with E-state index in [0.717, 1.165) is 24.3 Å². The number of fused-ring (bicyclic) bond motifs is 2. The molecule has 0 spiro atoms. The van der Waals surface area contributed by atoms with Gasteiger partial charge in [0.1, 0.15) is 5.75 Å². The van der Waals surface area contributed by atoms with Crippen LogP contribution in [-0.4, -0.2) is 37.2 Å². The minimum Gasteiger partial charge on any atom is -0.497 e. The fourth-order valence-electron chi connectivity index (χ4n) is 4.04. The van der Waals surface area contributed by atoms with Crippen LogP contribution in [0.25, 0.3) is 0 Å². The molecule has 2 aliphatic rings. The van der Waals surface area contributed by atoms with Crippen LogP contribution < -0.4 is 10.5 Å². The Balaban J connectivity index is 1.63. The molecule has 3 heteroatoms. The first-order chi connectivity index (χ1) is 9.67. The lowest BCUT2D eigenvalue weighted by molar-refractivity contribution is 0.120. The first-order valence-corrected chi connectivity index (χ1v) is 7.78. The Morgan fingerprint density at radius 3 is 2.65 bits per heavy atom. The smallest absolute Gasteiger partial charge is 0.119 e. The quantitative estimate of drug-likeness (QED) is 0.916. The zero-order chi connectivity index (χ0) is 14.1. The van der Waals surface area contributed by atoms with E-state index in [-0.39, 0.29) is 6.04 Å². The van der Waals surface area contributed by atoms with Gasteiger partial charge in [-0.3, -0.25) is 0 Å². The highest BCUT2D eigenvalue weighted by Crippen LogP contribution is 2.38. The summed E-state index contributed by atoms with van der Waals surface area (Å²) in [6, 6.07) is 10.1. The van der Waals surface area contributed by atoms with Gasteiger partial charge in [0, 0.05) is 18.1 Å². The standard InChI is InChI=1S/C17H26N2O/c1-19-14-6-7-15(19)11-13(10-14)17(18)9-12-4-3-5-16(8-12)20-2/h3-5,8,13-15,17H,6-7,9-11,18H2,1-2H3. The van der Waals surface area contributed by atoms with Crippen LogP contribution >= 0.6 is 0 Å². The van der Waals surface area contributed by atoms with Crippen molar-refractivity contribution in [2.24, 2.45) is 11.7 Å². The van der Waals surface area contributed by atoms with Crippen molar-refractivity contribution in [3.8, 4) is 5.75 Å². The summed E-state index contributed by atoms with van der Waals surface area (Å²) in [4.78, 5) is 2.58. The summed E-state index contributed by atoms with van der Waals surface area (Å²) < 4.78 is 5.29. The number of nitrogens with zero attached hydrogens (tertiary/aromatic N) is 1. The maximum Gasteiger partial charge on any atom is 0.119 e. The van der Waals surface area contributed by atoms with E-state index >= 15 is 0 Å². The van der Waals surface area contributed by atoms with Crippen LogP contribution in [0.15, 0.2) is 24.3 Å². The van der Waals surface area contributed by atoms with Crippen molar-refractivity contribution in [1.29, 1.82) is 0 Å². The molecule has 3 atom stereocenters. The summed E-state index contributed by atoms with van der Waals surface area (Å²) >= 11 is 0. The molecule has 1 aromatic rings. The Morgan fingerprint density at radius 2 is 2.00 bits per heavy atom. The van der Waals surface area contributed by atoms with E-state index in [0.29, 0.717) is 5.92 Å². The van der Waals surface area contributed by atoms with Crippen molar-refractivity contribution < 1.29 is 4.74 Å². The zero-order valence-corrected chi connectivity index (χ0v) is 12.6. The number of nitrogens with two attached hydrogens (primary N) is 1. The second kappa shape index (κ2) is 5.74. The zero-order valence-electron chi connectivity index (χ0n) is 12.6. The van der Waals surface area contributed by atoms with Crippen molar-refractivity contribution in [1.82, 2.24) is 4.90 Å². The second-order valence-corrected chi connectivity index (χ2v) is 6.50. The molecule has 0 radical (unpaired) electrons. The highest BCUT2D eigenvalue weighted by atomic mass is 16.5. The number of hydrogen-bond acceptors (Lipinski definition) is 3. The molecule has 2 N–H and O–H groups in total. The molecule has 2 aliphatic heterocycles. The molecule has 2 heterocycles. The van der Waals surface area contributed by atoms with Gasteiger partial charge in [0.25, 0.3) is 0 Å². The van der Waals surface area contributed by atoms with Gasteiger partial charge < -0.3 is 15.4 Å². The van der Waals surface area contributed by atoms with Crippen LogP contribution in [0.1, 0.15) is 31.2 Å². The number of hydrogen-bond donors (Lipinski definition) is 1. The van der Waals surface area contributed by atoms with Crippen molar-refractivity contribution in [3.63, 3.8) is 0 Å². The molecule has 0 aromatic heterocycles. The van der Waals surface area contributed by atoms with Crippen LogP contribution in [-0.2, 0) is 6.42 Å². The lowest BCUT2D eigenvalue weighted by atomic mass is 9.83. The van der Waals surface area contributed by atoms with Gasteiger partial charge in [-0.15, -0.1) is 0 Å². The maximum absolute atomic E-state index is 6.51. The van der Waals surface area contributed by atoms with Crippen molar-refractivity contribution in [2.45, 2.75) is 50.2 Å². The van der Waals surface area contributed by atoms with Gasteiger partial charge in [-0.05, 0) is 62.8 Å². The van der Waals surface area contributed by atoms with Gasteiger partial charge in [-0.2, -0.15) is 0 Å². The average molecular weight is 274 g/mol. The molecule has 2 bridgehead atoms. The average Bonchev–Trinajstić information content (AvgIpc) is 2.68. The van der Waals surface area contributed by atoms with E-state index in [1.165, 1.54) is 31.2 Å². The minimum atomic E-state index is 0.277. The monoisotopic (exact) mass is 274 g/mol. The Hall–Kier alpha value is -1.06. The van der Waals surface area contributed by atoms with Gasteiger partial charge >= 0.3 is 0 Å². The molecular formula is C17H26N2O. The molecule has 2 saturated heterocycles. The SMILES string of the molecule is COc1cccc(CC(N)C2CC3CCC(C2)N3C)c1. The molecule has 110 valence electrons. The van der Waals surface area contributed by atoms with Crippen LogP contribution in [0.2, 0.25) is 0 Å². The molecule has 20 heavy (non-hydrogen) atoms. The minimum absolute atomic E-state index is 0.277. The van der Waals surface area contributed by atoms with E-state index in [1.807, 2.05) is 6.07 Å². The first-order valence-electron chi connectivity index (χ1n) is 7.78. The fourth-order valence-corrected chi connectivity index (χ4v) is 4.04.